The van der Waals surface area contributed by atoms with Crippen LogP contribution < -0.4 is 14.2 Å². The maximum absolute atomic E-state index is 11.6. The highest BCUT2D eigenvalue weighted by Crippen LogP contribution is 2.42. The lowest BCUT2D eigenvalue weighted by atomic mass is 9.93. The molecule has 2 heterocycles. The average molecular weight is 839 g/mol. The molecule has 0 radical (unpaired) electrons. The number of aromatic nitrogens is 6. The number of hydrogen-bond acceptors (Lipinski definition) is 12. The molecule has 3 N–H and O–H groups in total. The number of methoxy groups -OCH3 is 2. The summed E-state index contributed by atoms with van der Waals surface area (Å²) in [5.41, 5.74) is 2.19. The van der Waals surface area contributed by atoms with Crippen LogP contribution in [0.5, 0.6) is 40.8 Å². The van der Waals surface area contributed by atoms with Gasteiger partial charge in [0.2, 0.25) is 0 Å². The summed E-state index contributed by atoms with van der Waals surface area (Å²) in [5, 5.41) is 42.0. The molecule has 0 saturated carbocycles. The lowest BCUT2D eigenvalue weighted by Gasteiger charge is -2.15. The van der Waals surface area contributed by atoms with Crippen LogP contribution in [0.4, 0.5) is 0 Å². The van der Waals surface area contributed by atoms with Gasteiger partial charge in [-0.05, 0) is 108 Å². The van der Waals surface area contributed by atoms with E-state index in [0.29, 0.717) is 39.8 Å². The minimum absolute atomic E-state index is 0.0516. The summed E-state index contributed by atoms with van der Waals surface area (Å²) < 4.78 is 17.6. The van der Waals surface area contributed by atoms with Gasteiger partial charge in [-0.2, -0.15) is 19.9 Å². The molecule has 0 aliphatic rings. The molecule has 308 valence electrons. The van der Waals surface area contributed by atoms with Crippen LogP contribution >= 0.6 is 0 Å². The third-order valence-electron chi connectivity index (χ3n) is 11.3. The number of rotatable bonds is 8. The first-order chi connectivity index (χ1) is 31.3. The second-order valence-corrected chi connectivity index (χ2v) is 15.1. The highest BCUT2D eigenvalue weighted by molar-refractivity contribution is 6.21. The largest absolute Gasteiger partial charge is 0.508 e. The first kappa shape index (κ1) is 38.1. The molecule has 64 heavy (non-hydrogen) atoms. The summed E-state index contributed by atoms with van der Waals surface area (Å²) in [6.07, 6.45) is 0. The smallest absolute Gasteiger partial charge is 0.320 e. The maximum Gasteiger partial charge on any atom is 0.320 e. The monoisotopic (exact) mass is 838 g/mol. The van der Waals surface area contributed by atoms with E-state index in [9.17, 15) is 15.3 Å². The van der Waals surface area contributed by atoms with Crippen LogP contribution in [0.2, 0.25) is 0 Å². The summed E-state index contributed by atoms with van der Waals surface area (Å²) in [6.45, 7) is 0. The fourth-order valence-electron chi connectivity index (χ4n) is 8.37. The van der Waals surface area contributed by atoms with E-state index in [4.69, 9.17) is 24.2 Å². The number of fused-ring (bicyclic) bond motifs is 7. The number of phenols is 3. The Morgan fingerprint density at radius 3 is 1.53 bits per heavy atom. The molecule has 0 saturated heterocycles. The van der Waals surface area contributed by atoms with Crippen LogP contribution in [0.3, 0.4) is 0 Å². The Labute approximate surface area is 364 Å². The van der Waals surface area contributed by atoms with Crippen molar-refractivity contribution in [2.75, 3.05) is 14.2 Å². The third-order valence-corrected chi connectivity index (χ3v) is 11.3. The summed E-state index contributed by atoms with van der Waals surface area (Å²) >= 11 is 0. The van der Waals surface area contributed by atoms with Gasteiger partial charge in [0.1, 0.15) is 28.7 Å². The average Bonchev–Trinajstić information content (AvgIpc) is 3.32. The molecule has 0 aliphatic heterocycles. The Morgan fingerprint density at radius 2 is 0.875 bits per heavy atom. The third kappa shape index (κ3) is 6.57. The van der Waals surface area contributed by atoms with Crippen molar-refractivity contribution in [2.24, 2.45) is 0 Å². The van der Waals surface area contributed by atoms with Gasteiger partial charge in [-0.25, -0.2) is 9.97 Å². The lowest BCUT2D eigenvalue weighted by molar-refractivity contribution is 0.379. The van der Waals surface area contributed by atoms with E-state index < -0.39 is 0 Å². The van der Waals surface area contributed by atoms with Crippen molar-refractivity contribution in [3.8, 4) is 86.3 Å². The van der Waals surface area contributed by atoms with E-state index in [0.717, 1.165) is 59.4 Å². The van der Waals surface area contributed by atoms with Gasteiger partial charge < -0.3 is 29.5 Å². The second kappa shape index (κ2) is 15.2. The molecule has 0 bridgehead atoms. The zero-order chi connectivity index (χ0) is 43.5. The van der Waals surface area contributed by atoms with E-state index in [1.165, 1.54) is 38.5 Å². The fourth-order valence-corrected chi connectivity index (χ4v) is 8.37. The molecule has 0 fully saturated rings. The molecular weight excluding hydrogens is 805 g/mol. The lowest BCUT2D eigenvalue weighted by Crippen LogP contribution is -2.01. The Kier molecular flexibility index (Phi) is 9.05. The summed E-state index contributed by atoms with van der Waals surface area (Å²) in [7, 11) is 2.96. The number of hydrogen-bond donors (Lipinski definition) is 3. The van der Waals surface area contributed by atoms with Gasteiger partial charge in [0.15, 0.2) is 23.3 Å². The van der Waals surface area contributed by atoms with Gasteiger partial charge in [0, 0.05) is 23.3 Å². The van der Waals surface area contributed by atoms with Crippen molar-refractivity contribution < 1.29 is 29.5 Å². The molecule has 12 nitrogen and oxygen atoms in total. The molecule has 0 aliphatic carbocycles. The van der Waals surface area contributed by atoms with Gasteiger partial charge in [0.05, 0.1) is 25.3 Å². The predicted octanol–water partition coefficient (Wildman–Crippen LogP) is 11.4. The first-order valence-electron chi connectivity index (χ1n) is 20.2. The molecule has 11 rings (SSSR count). The molecule has 11 aromatic rings. The maximum atomic E-state index is 11.6. The van der Waals surface area contributed by atoms with E-state index in [-0.39, 0.29) is 40.9 Å². The molecule has 0 amide bonds. The van der Waals surface area contributed by atoms with Crippen molar-refractivity contribution in [1.82, 2.24) is 29.9 Å². The first-order valence-corrected chi connectivity index (χ1v) is 20.2. The van der Waals surface area contributed by atoms with Crippen LogP contribution in [0, 0.1) is 0 Å². The van der Waals surface area contributed by atoms with Crippen LogP contribution in [-0.2, 0) is 0 Å². The number of nitrogens with zero attached hydrogens (tertiary/aromatic N) is 6. The molecule has 2 aromatic heterocycles. The summed E-state index contributed by atoms with van der Waals surface area (Å²) in [5.74, 6) is 1.64. The zero-order valence-corrected chi connectivity index (χ0v) is 34.2. The molecule has 0 atom stereocenters. The van der Waals surface area contributed by atoms with Crippen molar-refractivity contribution in [3.63, 3.8) is 0 Å². The molecule has 9 aromatic carbocycles. The SMILES string of the molecule is COc1nc(-c2ccc(Oc3ccc4c(-c5nc(OC)nc(-c6ccc(O)cc6O)n5)cc5c6ccccc6ccc5c4c3)cc2O)nc(-c2c3ccccc3cc3ccccc23)n1. The molecular formula is C52H34N6O6. The van der Waals surface area contributed by atoms with Crippen LogP contribution in [0.25, 0.3) is 99.4 Å². The molecule has 12 heteroatoms. The fraction of sp³-hybridized carbons (Fsp3) is 0.0385. The second-order valence-electron chi connectivity index (χ2n) is 15.1. The van der Waals surface area contributed by atoms with Crippen molar-refractivity contribution in [3.05, 3.63) is 152 Å². The quantitative estimate of drug-likeness (QED) is 0.0980. The Morgan fingerprint density at radius 1 is 0.359 bits per heavy atom. The normalized spacial score (nSPS) is 11.5. The highest BCUT2D eigenvalue weighted by Gasteiger charge is 2.21. The summed E-state index contributed by atoms with van der Waals surface area (Å²) in [4.78, 5) is 28.1. The van der Waals surface area contributed by atoms with Crippen molar-refractivity contribution in [2.45, 2.75) is 0 Å². The standard InChI is InChI=1S/C52H34N6O6/c1-62-51-55-47(39-20-16-31(59)24-44(39)60)53-49(57-51)43-27-42-34-12-6-3-9-28(34)15-19-37(42)41-25-32(17-21-38(41)43)64-33-18-22-40(45(61)26-33)48-54-50(58-52(56-48)63-2)46-35-13-7-4-10-29(35)23-30-11-5-8-14-36(30)46/h3-27,59-61H,1-2H3. The Balaban J connectivity index is 1.01. The van der Waals surface area contributed by atoms with E-state index in [1.807, 2.05) is 66.7 Å². The number of ether oxygens (including phenoxy) is 3. The summed E-state index contributed by atoms with van der Waals surface area (Å²) in [6, 6.07) is 47.8. The Hall–Kier alpha value is -8.90. The van der Waals surface area contributed by atoms with E-state index in [2.05, 4.69) is 68.5 Å². The predicted molar refractivity (Wildman–Crippen MR) is 247 cm³/mol. The minimum Gasteiger partial charge on any atom is -0.508 e. The Bertz CT molecular complexity index is 3640. The van der Waals surface area contributed by atoms with Crippen molar-refractivity contribution in [1.29, 1.82) is 0 Å². The van der Waals surface area contributed by atoms with Crippen LogP contribution in [0.15, 0.2) is 152 Å². The van der Waals surface area contributed by atoms with Gasteiger partial charge in [-0.3, -0.25) is 0 Å². The van der Waals surface area contributed by atoms with Gasteiger partial charge in [-0.1, -0.05) is 84.9 Å². The van der Waals surface area contributed by atoms with Gasteiger partial charge in [0.25, 0.3) is 0 Å². The van der Waals surface area contributed by atoms with Crippen molar-refractivity contribution >= 4 is 53.9 Å². The minimum atomic E-state index is -0.193. The van der Waals surface area contributed by atoms with Crippen LogP contribution in [-0.4, -0.2) is 59.4 Å². The van der Waals surface area contributed by atoms with E-state index in [1.54, 1.807) is 12.1 Å². The molecule has 0 unspecified atom stereocenters. The van der Waals surface area contributed by atoms with E-state index >= 15 is 0 Å². The molecule has 0 spiro atoms. The number of aromatic hydroxyl groups is 3. The zero-order valence-electron chi connectivity index (χ0n) is 34.2. The number of phenolic OH excluding ortho intramolecular Hbond substituents is 3. The number of benzene rings is 9. The highest BCUT2D eigenvalue weighted by atomic mass is 16.5. The van der Waals surface area contributed by atoms with Crippen LogP contribution in [0.1, 0.15) is 0 Å². The topological polar surface area (TPSA) is 166 Å². The van der Waals surface area contributed by atoms with Gasteiger partial charge >= 0.3 is 12.0 Å². The van der Waals surface area contributed by atoms with Gasteiger partial charge in [-0.15, -0.1) is 0 Å².